The topological polar surface area (TPSA) is 12.0 Å². The summed E-state index contributed by atoms with van der Waals surface area (Å²) in [5.74, 6) is 1.81. The number of hydrogen-bond donors (Lipinski definition) is 1. The van der Waals surface area contributed by atoms with Gasteiger partial charge in [-0.05, 0) is 37.6 Å². The van der Waals surface area contributed by atoms with E-state index in [1.165, 1.54) is 45.1 Å². The second kappa shape index (κ2) is 3.61. The molecule has 1 heterocycles. The fraction of sp³-hybridized carbons (Fsp3) is 1.00. The van der Waals surface area contributed by atoms with Gasteiger partial charge in [-0.15, -0.1) is 0 Å². The molecule has 1 atom stereocenters. The Hall–Kier alpha value is -0.0400. The highest BCUT2D eigenvalue weighted by Crippen LogP contribution is 2.39. The van der Waals surface area contributed by atoms with Crippen LogP contribution < -0.4 is 5.32 Å². The fourth-order valence-corrected chi connectivity index (χ4v) is 3.07. The normalized spacial score (nSPS) is 33.0. The molecule has 1 nitrogen and oxygen atoms in total. The molecule has 2 fully saturated rings. The monoisotopic (exact) mass is 181 g/mol. The molecule has 1 heteroatoms. The van der Waals surface area contributed by atoms with Crippen molar-refractivity contribution >= 4 is 0 Å². The van der Waals surface area contributed by atoms with Crippen molar-refractivity contribution in [2.45, 2.75) is 57.9 Å². The van der Waals surface area contributed by atoms with Gasteiger partial charge in [0.1, 0.15) is 0 Å². The van der Waals surface area contributed by atoms with E-state index in [4.69, 9.17) is 0 Å². The first-order valence-corrected chi connectivity index (χ1v) is 5.97. The lowest BCUT2D eigenvalue weighted by atomic mass is 9.77. The van der Waals surface area contributed by atoms with Crippen molar-refractivity contribution in [3.8, 4) is 0 Å². The van der Waals surface area contributed by atoms with Crippen LogP contribution in [0.2, 0.25) is 0 Å². The molecule has 0 aromatic heterocycles. The molecule has 1 saturated carbocycles. The molecule has 1 unspecified atom stereocenters. The van der Waals surface area contributed by atoms with Crippen LogP contribution >= 0.6 is 0 Å². The van der Waals surface area contributed by atoms with Gasteiger partial charge in [0, 0.05) is 5.54 Å². The quantitative estimate of drug-likeness (QED) is 0.656. The van der Waals surface area contributed by atoms with E-state index in [0.29, 0.717) is 5.54 Å². The molecular weight excluding hydrogens is 158 g/mol. The third-order valence-electron chi connectivity index (χ3n) is 4.15. The van der Waals surface area contributed by atoms with Gasteiger partial charge in [0.25, 0.3) is 0 Å². The van der Waals surface area contributed by atoms with Crippen molar-refractivity contribution in [1.29, 1.82) is 0 Å². The van der Waals surface area contributed by atoms with Gasteiger partial charge in [0.15, 0.2) is 0 Å². The predicted molar refractivity (Wildman–Crippen MR) is 56.8 cm³/mol. The molecule has 13 heavy (non-hydrogen) atoms. The van der Waals surface area contributed by atoms with Crippen LogP contribution in [0.3, 0.4) is 0 Å². The summed E-state index contributed by atoms with van der Waals surface area (Å²) in [7, 11) is 0. The standard InChI is InChI=1S/C12H23N/c1-10(2)11-8-12(13-9-11)6-4-3-5-7-12/h10-11,13H,3-9H2,1-2H3. The smallest absolute Gasteiger partial charge is 0.0184 e. The molecule has 1 aliphatic carbocycles. The van der Waals surface area contributed by atoms with Gasteiger partial charge < -0.3 is 5.32 Å². The van der Waals surface area contributed by atoms with Gasteiger partial charge in [0.2, 0.25) is 0 Å². The van der Waals surface area contributed by atoms with Crippen LogP contribution in [-0.4, -0.2) is 12.1 Å². The number of hydrogen-bond acceptors (Lipinski definition) is 1. The van der Waals surface area contributed by atoms with E-state index in [9.17, 15) is 0 Å². The molecule has 0 bridgehead atoms. The van der Waals surface area contributed by atoms with Gasteiger partial charge >= 0.3 is 0 Å². The minimum Gasteiger partial charge on any atom is -0.311 e. The summed E-state index contributed by atoms with van der Waals surface area (Å²) in [5, 5.41) is 3.80. The molecule has 1 aliphatic heterocycles. The van der Waals surface area contributed by atoms with Crippen molar-refractivity contribution in [2.75, 3.05) is 6.54 Å². The molecule has 0 aromatic carbocycles. The van der Waals surface area contributed by atoms with E-state index < -0.39 is 0 Å². The summed E-state index contributed by atoms with van der Waals surface area (Å²) in [4.78, 5) is 0. The largest absolute Gasteiger partial charge is 0.311 e. The number of nitrogens with one attached hydrogen (secondary N) is 1. The first kappa shape index (κ1) is 9.51. The Morgan fingerprint density at radius 1 is 1.15 bits per heavy atom. The summed E-state index contributed by atoms with van der Waals surface area (Å²) in [6.45, 7) is 6.01. The SMILES string of the molecule is CC(C)C1CNC2(CCCCC2)C1. The molecule has 0 radical (unpaired) electrons. The zero-order valence-corrected chi connectivity index (χ0v) is 9.10. The van der Waals surface area contributed by atoms with Crippen LogP contribution in [0.1, 0.15) is 52.4 Å². The van der Waals surface area contributed by atoms with Gasteiger partial charge in [-0.1, -0.05) is 33.1 Å². The van der Waals surface area contributed by atoms with Crippen molar-refractivity contribution in [3.63, 3.8) is 0 Å². The van der Waals surface area contributed by atoms with E-state index in [1.54, 1.807) is 0 Å². The Kier molecular flexibility index (Phi) is 2.64. The molecule has 1 spiro atoms. The third kappa shape index (κ3) is 1.90. The lowest BCUT2D eigenvalue weighted by molar-refractivity contribution is 0.250. The first-order valence-electron chi connectivity index (χ1n) is 5.97. The lowest BCUT2D eigenvalue weighted by Crippen LogP contribution is -2.41. The van der Waals surface area contributed by atoms with Crippen LogP contribution in [0.4, 0.5) is 0 Å². The Morgan fingerprint density at radius 3 is 2.38 bits per heavy atom. The maximum atomic E-state index is 3.80. The molecule has 2 aliphatic rings. The van der Waals surface area contributed by atoms with Crippen molar-refractivity contribution in [3.05, 3.63) is 0 Å². The number of rotatable bonds is 1. The second-order valence-electron chi connectivity index (χ2n) is 5.43. The maximum Gasteiger partial charge on any atom is 0.0184 e. The predicted octanol–water partition coefficient (Wildman–Crippen LogP) is 2.95. The Morgan fingerprint density at radius 2 is 1.85 bits per heavy atom. The maximum absolute atomic E-state index is 3.80. The van der Waals surface area contributed by atoms with E-state index in [2.05, 4.69) is 19.2 Å². The lowest BCUT2D eigenvalue weighted by Gasteiger charge is -2.34. The second-order valence-corrected chi connectivity index (χ2v) is 5.43. The highest BCUT2D eigenvalue weighted by atomic mass is 15.0. The van der Waals surface area contributed by atoms with Crippen molar-refractivity contribution in [2.24, 2.45) is 11.8 Å². The molecule has 1 saturated heterocycles. The average Bonchev–Trinajstić information content (AvgIpc) is 2.51. The fourth-order valence-electron chi connectivity index (χ4n) is 3.07. The third-order valence-corrected chi connectivity index (χ3v) is 4.15. The minimum atomic E-state index is 0.577. The van der Waals surface area contributed by atoms with Crippen LogP contribution in [-0.2, 0) is 0 Å². The van der Waals surface area contributed by atoms with Crippen LogP contribution in [0.5, 0.6) is 0 Å². The Labute approximate surface area is 82.3 Å². The van der Waals surface area contributed by atoms with Crippen LogP contribution in [0, 0.1) is 11.8 Å². The van der Waals surface area contributed by atoms with Gasteiger partial charge in [-0.25, -0.2) is 0 Å². The summed E-state index contributed by atoms with van der Waals surface area (Å²) < 4.78 is 0. The Balaban J connectivity index is 1.94. The van der Waals surface area contributed by atoms with E-state index in [0.717, 1.165) is 11.8 Å². The van der Waals surface area contributed by atoms with Crippen LogP contribution in [0.15, 0.2) is 0 Å². The van der Waals surface area contributed by atoms with E-state index in [-0.39, 0.29) is 0 Å². The van der Waals surface area contributed by atoms with E-state index in [1.807, 2.05) is 0 Å². The zero-order chi connectivity index (χ0) is 9.31. The summed E-state index contributed by atoms with van der Waals surface area (Å²) in [6.07, 6.45) is 8.71. The van der Waals surface area contributed by atoms with Gasteiger partial charge in [0.05, 0.1) is 0 Å². The van der Waals surface area contributed by atoms with Gasteiger partial charge in [-0.3, -0.25) is 0 Å². The summed E-state index contributed by atoms with van der Waals surface area (Å²) in [5.41, 5.74) is 0.577. The van der Waals surface area contributed by atoms with Crippen LogP contribution in [0.25, 0.3) is 0 Å². The molecule has 76 valence electrons. The summed E-state index contributed by atoms with van der Waals surface area (Å²) in [6, 6.07) is 0. The van der Waals surface area contributed by atoms with E-state index >= 15 is 0 Å². The minimum absolute atomic E-state index is 0.577. The average molecular weight is 181 g/mol. The molecule has 2 rings (SSSR count). The highest BCUT2D eigenvalue weighted by molar-refractivity contribution is 4.98. The van der Waals surface area contributed by atoms with Crippen molar-refractivity contribution < 1.29 is 0 Å². The molecule has 0 aromatic rings. The molecular formula is C12H23N. The van der Waals surface area contributed by atoms with Crippen molar-refractivity contribution in [1.82, 2.24) is 5.32 Å². The first-order chi connectivity index (χ1) is 6.22. The Bertz CT molecular complexity index is 168. The zero-order valence-electron chi connectivity index (χ0n) is 9.10. The molecule has 0 amide bonds. The van der Waals surface area contributed by atoms with Gasteiger partial charge in [-0.2, -0.15) is 0 Å². The molecule has 1 N–H and O–H groups in total. The highest BCUT2D eigenvalue weighted by Gasteiger charge is 2.39. The summed E-state index contributed by atoms with van der Waals surface area (Å²) >= 11 is 0.